The topological polar surface area (TPSA) is 55.7 Å². The normalized spacial score (nSPS) is 11.1. The maximum atomic E-state index is 5.34. The fourth-order valence-electron chi connectivity index (χ4n) is 1.84. The first-order valence-electron chi connectivity index (χ1n) is 5.41. The van der Waals surface area contributed by atoms with Gasteiger partial charge in [0, 0.05) is 4.88 Å². The number of rotatable bonds is 3. The van der Waals surface area contributed by atoms with E-state index in [1.54, 1.807) is 18.4 Å². The van der Waals surface area contributed by atoms with Crippen LogP contribution in [0.3, 0.4) is 0 Å². The number of imidazole rings is 1. The van der Waals surface area contributed by atoms with Crippen LogP contribution in [0.5, 0.6) is 5.88 Å². The van der Waals surface area contributed by atoms with Crippen molar-refractivity contribution in [3.8, 4) is 5.88 Å². The molecule has 0 unspecified atom stereocenters. The van der Waals surface area contributed by atoms with E-state index < -0.39 is 0 Å². The number of ether oxygens (including phenoxy) is 1. The minimum absolute atomic E-state index is 0.502. The van der Waals surface area contributed by atoms with Gasteiger partial charge >= 0.3 is 0 Å². The highest BCUT2D eigenvalue weighted by Gasteiger charge is 2.12. The second-order valence-electron chi connectivity index (χ2n) is 3.80. The van der Waals surface area contributed by atoms with E-state index in [2.05, 4.69) is 36.9 Å². The number of nitrogens with zero attached hydrogens (tertiary/aromatic N) is 3. The van der Waals surface area contributed by atoms with E-state index in [-0.39, 0.29) is 0 Å². The molecule has 5 nitrogen and oxygen atoms in total. The predicted octanol–water partition coefficient (Wildman–Crippen LogP) is 3.37. The van der Waals surface area contributed by atoms with Gasteiger partial charge in [-0.1, -0.05) is 0 Å². The van der Waals surface area contributed by atoms with Gasteiger partial charge in [-0.2, -0.15) is 4.98 Å². The van der Waals surface area contributed by atoms with Gasteiger partial charge in [0.2, 0.25) is 5.88 Å². The molecule has 0 spiro atoms. The molecule has 0 bridgehead atoms. The quantitative estimate of drug-likeness (QED) is 0.731. The van der Waals surface area contributed by atoms with E-state index in [1.165, 1.54) is 11.2 Å². The lowest BCUT2D eigenvalue weighted by Gasteiger charge is -2.02. The van der Waals surface area contributed by atoms with E-state index in [0.29, 0.717) is 17.2 Å². The number of halogens is 1. The molecule has 0 aliphatic heterocycles. The van der Waals surface area contributed by atoms with Crippen molar-refractivity contribution < 1.29 is 4.74 Å². The van der Waals surface area contributed by atoms with Gasteiger partial charge < -0.3 is 9.72 Å². The van der Waals surface area contributed by atoms with Crippen LogP contribution in [0.1, 0.15) is 4.88 Å². The maximum absolute atomic E-state index is 5.34. The van der Waals surface area contributed by atoms with Crippen molar-refractivity contribution in [3.63, 3.8) is 0 Å². The SMILES string of the molecule is COc1ncnc2c1[nH]c(=S)n2Cc1ccc(Br)s1. The Kier molecular flexibility index (Phi) is 3.38. The average Bonchev–Trinajstić information content (AvgIpc) is 2.94. The third-order valence-corrected chi connectivity index (χ3v) is 4.59. The molecule has 3 aromatic heterocycles. The molecule has 3 rings (SSSR count). The van der Waals surface area contributed by atoms with Crippen molar-refractivity contribution in [1.82, 2.24) is 19.5 Å². The van der Waals surface area contributed by atoms with E-state index in [9.17, 15) is 0 Å². The third kappa shape index (κ3) is 2.31. The van der Waals surface area contributed by atoms with Crippen molar-refractivity contribution >= 4 is 50.6 Å². The molecule has 3 aromatic rings. The molecule has 19 heavy (non-hydrogen) atoms. The van der Waals surface area contributed by atoms with E-state index in [1.807, 2.05) is 10.6 Å². The molecule has 0 amide bonds. The van der Waals surface area contributed by atoms with Crippen molar-refractivity contribution in [2.24, 2.45) is 0 Å². The summed E-state index contributed by atoms with van der Waals surface area (Å²) in [6.45, 7) is 0.676. The number of H-pyrrole nitrogens is 1. The lowest BCUT2D eigenvalue weighted by molar-refractivity contribution is 0.401. The number of aromatic amines is 1. The second-order valence-corrected chi connectivity index (χ2v) is 6.74. The first-order chi connectivity index (χ1) is 9.19. The lowest BCUT2D eigenvalue weighted by atomic mass is 10.4. The molecule has 0 atom stereocenters. The zero-order valence-electron chi connectivity index (χ0n) is 9.88. The van der Waals surface area contributed by atoms with Gasteiger partial charge in [0.15, 0.2) is 10.4 Å². The van der Waals surface area contributed by atoms with Crippen LogP contribution in [0.15, 0.2) is 22.2 Å². The largest absolute Gasteiger partial charge is 0.479 e. The van der Waals surface area contributed by atoms with Crippen molar-refractivity contribution in [1.29, 1.82) is 0 Å². The van der Waals surface area contributed by atoms with Crippen molar-refractivity contribution in [3.05, 3.63) is 31.9 Å². The Morgan fingerprint density at radius 1 is 1.47 bits per heavy atom. The Balaban J connectivity index is 2.13. The molecule has 3 heterocycles. The first-order valence-corrected chi connectivity index (χ1v) is 7.42. The molecule has 0 saturated heterocycles. The number of nitrogens with one attached hydrogen (secondary N) is 1. The van der Waals surface area contributed by atoms with Crippen LogP contribution in [0, 0.1) is 4.77 Å². The van der Waals surface area contributed by atoms with Crippen LogP contribution < -0.4 is 4.74 Å². The summed E-state index contributed by atoms with van der Waals surface area (Å²) in [7, 11) is 1.58. The summed E-state index contributed by atoms with van der Waals surface area (Å²) in [5, 5.41) is 0. The zero-order valence-corrected chi connectivity index (χ0v) is 13.1. The molecule has 8 heteroatoms. The molecule has 0 aliphatic rings. The van der Waals surface area contributed by atoms with Crippen LogP contribution in [0.4, 0.5) is 0 Å². The molecule has 1 N–H and O–H groups in total. The van der Waals surface area contributed by atoms with Crippen LogP contribution in [-0.4, -0.2) is 26.6 Å². The summed E-state index contributed by atoms with van der Waals surface area (Å²) in [6.07, 6.45) is 1.48. The van der Waals surface area contributed by atoms with Crippen molar-refractivity contribution in [2.75, 3.05) is 7.11 Å². The Morgan fingerprint density at radius 3 is 3.00 bits per heavy atom. The Labute approximate surface area is 126 Å². The Hall–Kier alpha value is -1.25. The van der Waals surface area contributed by atoms with Crippen LogP contribution in [0.25, 0.3) is 11.2 Å². The van der Waals surface area contributed by atoms with Gasteiger partial charge in [0.25, 0.3) is 0 Å². The van der Waals surface area contributed by atoms with Crippen LogP contribution >= 0.6 is 39.5 Å². The summed E-state index contributed by atoms with van der Waals surface area (Å²) in [4.78, 5) is 12.6. The predicted molar refractivity (Wildman–Crippen MR) is 80.4 cm³/mol. The highest BCUT2D eigenvalue weighted by molar-refractivity contribution is 9.11. The molecule has 0 saturated carbocycles. The highest BCUT2D eigenvalue weighted by Crippen LogP contribution is 2.25. The minimum atomic E-state index is 0.502. The number of hydrogen-bond acceptors (Lipinski definition) is 5. The second kappa shape index (κ2) is 5.03. The molecule has 98 valence electrons. The lowest BCUT2D eigenvalue weighted by Crippen LogP contribution is -1.99. The molecule has 0 fully saturated rings. The molecular weight excluding hydrogens is 348 g/mol. The number of hydrogen-bond donors (Lipinski definition) is 1. The fraction of sp³-hybridized carbons (Fsp3) is 0.182. The van der Waals surface area contributed by atoms with E-state index in [0.717, 1.165) is 15.0 Å². The van der Waals surface area contributed by atoms with Crippen LogP contribution in [0.2, 0.25) is 0 Å². The number of fused-ring (bicyclic) bond motifs is 1. The van der Waals surface area contributed by atoms with Gasteiger partial charge in [-0.25, -0.2) is 4.98 Å². The monoisotopic (exact) mass is 356 g/mol. The first kappa shape index (κ1) is 12.8. The van der Waals surface area contributed by atoms with E-state index >= 15 is 0 Å². The van der Waals surface area contributed by atoms with Crippen LogP contribution in [-0.2, 0) is 6.54 Å². The summed E-state index contributed by atoms with van der Waals surface area (Å²) < 4.78 is 8.85. The molecule has 0 aliphatic carbocycles. The van der Waals surface area contributed by atoms with Gasteiger partial charge in [-0.15, -0.1) is 11.3 Å². The summed E-state index contributed by atoms with van der Waals surface area (Å²) in [6, 6.07) is 4.09. The smallest absolute Gasteiger partial charge is 0.242 e. The van der Waals surface area contributed by atoms with Gasteiger partial charge in [-0.3, -0.25) is 4.57 Å². The summed E-state index contributed by atoms with van der Waals surface area (Å²) in [5.74, 6) is 0.502. The van der Waals surface area contributed by atoms with Crippen molar-refractivity contribution in [2.45, 2.75) is 6.54 Å². The maximum Gasteiger partial charge on any atom is 0.242 e. The summed E-state index contributed by atoms with van der Waals surface area (Å²) >= 11 is 10.5. The molecule has 0 aromatic carbocycles. The van der Waals surface area contributed by atoms with Gasteiger partial charge in [0.1, 0.15) is 11.8 Å². The Morgan fingerprint density at radius 2 is 2.32 bits per heavy atom. The number of aromatic nitrogens is 4. The standard InChI is InChI=1S/C11H9BrN4OS2/c1-17-10-8-9(13-5-14-10)16(11(18)15-8)4-6-2-3-7(12)19-6/h2-3,5H,4H2,1H3,(H,15,18). The average molecular weight is 357 g/mol. The molecular formula is C11H9BrN4OS2. The number of methoxy groups -OCH3 is 1. The minimum Gasteiger partial charge on any atom is -0.479 e. The third-order valence-electron chi connectivity index (χ3n) is 2.66. The van der Waals surface area contributed by atoms with E-state index in [4.69, 9.17) is 17.0 Å². The zero-order chi connectivity index (χ0) is 13.4. The molecule has 0 radical (unpaired) electrons. The van der Waals surface area contributed by atoms with Gasteiger partial charge in [0.05, 0.1) is 17.4 Å². The van der Waals surface area contributed by atoms with Gasteiger partial charge in [-0.05, 0) is 40.3 Å². The number of thiophene rings is 1. The fourth-order valence-corrected chi connectivity index (χ4v) is 3.56. The Bertz CT molecular complexity index is 791. The summed E-state index contributed by atoms with van der Waals surface area (Å²) in [5.41, 5.74) is 1.48. The highest BCUT2D eigenvalue weighted by atomic mass is 79.9.